The molecule has 2 rings (SSSR count). The molecule has 0 saturated carbocycles. The SMILES string of the molecule is COCCOc1ccc(C[C@H](N=CB=O)C(O)CN(CC(C)C)S(=O)(=O)c2ccc(N)cc2)cc1. The van der Waals surface area contributed by atoms with Crippen molar-refractivity contribution >= 4 is 29.0 Å². The Kier molecular flexibility index (Phi) is 11.5. The van der Waals surface area contributed by atoms with Gasteiger partial charge in [-0.05, 0) is 0 Å². The quantitative estimate of drug-likeness (QED) is 0.164. The molecule has 0 aliphatic heterocycles. The second-order valence-corrected chi connectivity index (χ2v) is 10.5. The number of aliphatic imine (C=N–C) groups is 1. The number of anilines is 1. The molecule has 11 heteroatoms. The molecule has 35 heavy (non-hydrogen) atoms. The van der Waals surface area contributed by atoms with Gasteiger partial charge >= 0.3 is 201 Å². The number of methoxy groups -OCH3 is 1. The molecular formula is C24H34BN3O6S. The zero-order valence-electron chi connectivity index (χ0n) is 20.4. The van der Waals surface area contributed by atoms with Crippen LogP contribution in [0.25, 0.3) is 0 Å². The Balaban J connectivity index is 2.21. The predicted octanol–water partition coefficient (Wildman–Crippen LogP) is 1.99. The fourth-order valence-electron chi connectivity index (χ4n) is 3.44. The normalized spacial score (nSPS) is 13.8. The number of benzene rings is 2. The van der Waals surface area contributed by atoms with Gasteiger partial charge in [-0.15, -0.1) is 0 Å². The van der Waals surface area contributed by atoms with Crippen molar-refractivity contribution in [3.05, 3.63) is 54.1 Å². The van der Waals surface area contributed by atoms with Crippen molar-refractivity contribution in [1.29, 1.82) is 0 Å². The van der Waals surface area contributed by atoms with Crippen LogP contribution in [0.1, 0.15) is 19.4 Å². The Morgan fingerprint density at radius 3 is 2.31 bits per heavy atom. The standard InChI is InChI=1S/C24H34BN3O6S/c1-18(2)15-28(35(31,32)22-10-6-20(26)7-11-22)16-24(29)23(27-17-25-30)14-19-4-8-21(9-5-19)34-13-12-33-3/h4-11,17-18,23-24,29H,12-16,26H2,1-3H3/t23-,24?/m0/s1. The third-order valence-electron chi connectivity index (χ3n) is 5.18. The summed E-state index contributed by atoms with van der Waals surface area (Å²) in [6.45, 7) is 4.73. The van der Waals surface area contributed by atoms with Crippen LogP contribution in [-0.4, -0.2) is 76.7 Å². The molecule has 2 aromatic rings. The predicted molar refractivity (Wildman–Crippen MR) is 137 cm³/mol. The molecule has 0 saturated heterocycles. The fourth-order valence-corrected chi connectivity index (χ4v) is 5.06. The summed E-state index contributed by atoms with van der Waals surface area (Å²) >= 11 is 0. The molecule has 9 nitrogen and oxygen atoms in total. The van der Waals surface area contributed by atoms with Crippen LogP contribution in [0.3, 0.4) is 0 Å². The molecule has 2 atom stereocenters. The van der Waals surface area contributed by atoms with Gasteiger partial charge in [0.1, 0.15) is 0 Å². The number of nitrogens with zero attached hydrogens (tertiary/aromatic N) is 2. The molecule has 0 amide bonds. The van der Waals surface area contributed by atoms with E-state index in [-0.39, 0.29) is 23.9 Å². The van der Waals surface area contributed by atoms with Crippen molar-refractivity contribution in [3.63, 3.8) is 0 Å². The molecule has 0 aliphatic carbocycles. The Morgan fingerprint density at radius 2 is 1.74 bits per heavy atom. The molecular weight excluding hydrogens is 469 g/mol. The molecule has 0 heterocycles. The van der Waals surface area contributed by atoms with Gasteiger partial charge in [0.25, 0.3) is 0 Å². The van der Waals surface area contributed by atoms with E-state index in [9.17, 15) is 18.2 Å². The second kappa shape index (κ2) is 14.1. The molecule has 0 aliphatic rings. The van der Waals surface area contributed by atoms with Gasteiger partial charge in [0, 0.05) is 7.11 Å². The summed E-state index contributed by atoms with van der Waals surface area (Å²) in [6.07, 6.45) is 0.240. The Bertz CT molecular complexity index is 1050. The number of ether oxygens (including phenoxy) is 2. The fraction of sp³-hybridized carbons (Fsp3) is 0.458. The van der Waals surface area contributed by atoms with Gasteiger partial charge in [-0.1, -0.05) is 0 Å². The average molecular weight is 503 g/mol. The summed E-state index contributed by atoms with van der Waals surface area (Å²) < 4.78 is 49.3. The average Bonchev–Trinajstić information content (AvgIpc) is 2.82. The third-order valence-corrected chi connectivity index (χ3v) is 7.03. The number of sulfonamides is 1. The summed E-state index contributed by atoms with van der Waals surface area (Å²) in [7, 11) is -1.75. The summed E-state index contributed by atoms with van der Waals surface area (Å²) in [5.74, 6) is 0.699. The third kappa shape index (κ3) is 9.17. The molecule has 2 aromatic carbocycles. The van der Waals surface area contributed by atoms with E-state index >= 15 is 0 Å². The van der Waals surface area contributed by atoms with Crippen LogP contribution in [0.2, 0.25) is 0 Å². The first-order valence-electron chi connectivity index (χ1n) is 11.4. The van der Waals surface area contributed by atoms with E-state index < -0.39 is 22.2 Å². The van der Waals surface area contributed by atoms with Crippen LogP contribution in [0, 0.1) is 5.92 Å². The number of hydrogen-bond acceptors (Lipinski definition) is 8. The minimum absolute atomic E-state index is 0.0216. The first-order chi connectivity index (χ1) is 16.7. The molecule has 0 bridgehead atoms. The molecule has 0 radical (unpaired) electrons. The maximum absolute atomic E-state index is 13.3. The summed E-state index contributed by atoms with van der Waals surface area (Å²) in [5.41, 5.74) is 7.01. The first-order valence-corrected chi connectivity index (χ1v) is 12.8. The van der Waals surface area contributed by atoms with Crippen LogP contribution in [0.5, 0.6) is 5.75 Å². The number of aliphatic hydroxyl groups is 1. The van der Waals surface area contributed by atoms with Gasteiger partial charge in [0.2, 0.25) is 0 Å². The van der Waals surface area contributed by atoms with Crippen LogP contribution >= 0.6 is 0 Å². The van der Waals surface area contributed by atoms with Gasteiger partial charge in [0.15, 0.2) is 0 Å². The molecule has 0 aromatic heterocycles. The van der Waals surface area contributed by atoms with Crippen LogP contribution in [0.15, 0.2) is 58.4 Å². The van der Waals surface area contributed by atoms with E-state index in [1.807, 2.05) is 26.0 Å². The van der Waals surface area contributed by atoms with Gasteiger partial charge in [-0.3, -0.25) is 0 Å². The van der Waals surface area contributed by atoms with Gasteiger partial charge in [-0.25, -0.2) is 0 Å². The van der Waals surface area contributed by atoms with Crippen molar-refractivity contribution < 1.29 is 27.7 Å². The summed E-state index contributed by atoms with van der Waals surface area (Å²) in [4.78, 5) is 4.28. The van der Waals surface area contributed by atoms with Gasteiger partial charge in [-0.2, -0.15) is 0 Å². The van der Waals surface area contributed by atoms with E-state index in [0.29, 0.717) is 38.2 Å². The minimum atomic E-state index is -3.88. The molecule has 0 fully saturated rings. The van der Waals surface area contributed by atoms with Gasteiger partial charge in [0.05, 0.1) is 0 Å². The van der Waals surface area contributed by atoms with Crippen molar-refractivity contribution in [2.24, 2.45) is 10.9 Å². The van der Waals surface area contributed by atoms with E-state index in [1.54, 1.807) is 19.2 Å². The monoisotopic (exact) mass is 503 g/mol. The van der Waals surface area contributed by atoms with Crippen molar-refractivity contribution in [3.8, 4) is 5.75 Å². The molecule has 3 N–H and O–H groups in total. The first kappa shape index (κ1) is 28.6. The Labute approximate surface area is 208 Å². The van der Waals surface area contributed by atoms with Crippen molar-refractivity contribution in [2.75, 3.05) is 39.1 Å². The number of aliphatic hydroxyl groups excluding tert-OH is 1. The van der Waals surface area contributed by atoms with Crippen LogP contribution < -0.4 is 10.5 Å². The number of nitrogens with two attached hydrogens (primary N) is 1. The second-order valence-electron chi connectivity index (χ2n) is 8.54. The molecule has 1 unspecified atom stereocenters. The summed E-state index contributed by atoms with van der Waals surface area (Å²) in [5, 5.41) is 11.0. The zero-order valence-corrected chi connectivity index (χ0v) is 21.2. The summed E-state index contributed by atoms with van der Waals surface area (Å²) in [6, 6.07) is 12.5. The maximum atomic E-state index is 13.3. The molecule has 0 spiro atoms. The van der Waals surface area contributed by atoms with Gasteiger partial charge < -0.3 is 0 Å². The number of rotatable bonds is 15. The Morgan fingerprint density at radius 1 is 1.09 bits per heavy atom. The molecule has 190 valence electrons. The van der Waals surface area contributed by atoms with Crippen molar-refractivity contribution in [1.82, 2.24) is 4.31 Å². The number of hydrogen-bond donors (Lipinski definition) is 2. The zero-order chi connectivity index (χ0) is 25.8. The number of nitrogen functional groups attached to an aromatic ring is 1. The van der Waals surface area contributed by atoms with Crippen LogP contribution in [0.4, 0.5) is 5.69 Å². The van der Waals surface area contributed by atoms with Crippen molar-refractivity contribution in [2.45, 2.75) is 37.3 Å². The van der Waals surface area contributed by atoms with E-state index in [2.05, 4.69) is 4.99 Å². The van der Waals surface area contributed by atoms with E-state index in [4.69, 9.17) is 15.2 Å². The van der Waals surface area contributed by atoms with E-state index in [1.165, 1.54) is 28.6 Å². The van der Waals surface area contributed by atoms with Crippen LogP contribution in [-0.2, 0) is 25.9 Å². The van der Waals surface area contributed by atoms with E-state index in [0.717, 1.165) is 11.7 Å². The topological polar surface area (TPSA) is 132 Å². The Hall–Kier alpha value is -2.60.